The van der Waals surface area contributed by atoms with Gasteiger partial charge in [-0.15, -0.1) is 13.2 Å². The Morgan fingerprint density at radius 3 is 2.38 bits per heavy atom. The molecule has 1 aromatic rings. The monoisotopic (exact) mass is 666 g/mol. The number of nitrogens with one attached hydrogen (secondary N) is 1. The molecule has 0 radical (unpaired) electrons. The molecule has 3 amide bonds. The number of fused-ring (bicyclic) bond motifs is 1. The van der Waals surface area contributed by atoms with Crippen LogP contribution in [0.1, 0.15) is 66.7 Å². The molecule has 0 unspecified atom stereocenters. The molecule has 3 aliphatic heterocycles. The number of aliphatic hydroxyl groups is 1. The maximum Gasteiger partial charge on any atom is 0.312 e. The molecule has 1 aromatic carbocycles. The molecule has 11 heteroatoms. The molecule has 3 heterocycles. The van der Waals surface area contributed by atoms with Gasteiger partial charge in [0.15, 0.2) is 0 Å². The first-order valence-corrected chi connectivity index (χ1v) is 17.4. The highest BCUT2D eigenvalue weighted by molar-refractivity contribution is 6.05. The third-order valence-electron chi connectivity index (χ3n) is 9.94. The Balaban J connectivity index is 1.67. The Hall–Kier alpha value is -3.70. The second-order valence-corrected chi connectivity index (χ2v) is 13.6. The number of esters is 1. The van der Waals surface area contributed by atoms with Crippen LogP contribution in [-0.2, 0) is 28.7 Å². The van der Waals surface area contributed by atoms with Crippen LogP contribution in [0, 0.1) is 17.8 Å². The van der Waals surface area contributed by atoms with Crippen LogP contribution < -0.4 is 15.1 Å². The fourth-order valence-corrected chi connectivity index (χ4v) is 7.78. The molecule has 0 aromatic heterocycles. The number of hydrogen-bond donors (Lipinski definition) is 2. The van der Waals surface area contributed by atoms with E-state index in [0.29, 0.717) is 37.8 Å². The van der Waals surface area contributed by atoms with E-state index in [2.05, 4.69) is 37.2 Å². The zero-order chi connectivity index (χ0) is 35.2. The van der Waals surface area contributed by atoms with Gasteiger partial charge < -0.3 is 34.6 Å². The molecule has 0 aliphatic carbocycles. The number of allylic oxidation sites excluding steroid dienone is 1. The molecule has 4 rings (SSSR count). The number of amides is 3. The van der Waals surface area contributed by atoms with Crippen molar-refractivity contribution < 1.29 is 33.8 Å². The van der Waals surface area contributed by atoms with Crippen LogP contribution >= 0.6 is 0 Å². The molecule has 7 atom stereocenters. The quantitative estimate of drug-likeness (QED) is 0.179. The van der Waals surface area contributed by atoms with E-state index in [1.807, 2.05) is 38.1 Å². The Bertz CT molecular complexity index is 1330. The molecule has 3 aliphatic rings. The van der Waals surface area contributed by atoms with Crippen molar-refractivity contribution in [2.45, 2.75) is 96.6 Å². The Morgan fingerprint density at radius 1 is 1.12 bits per heavy atom. The smallest absolute Gasteiger partial charge is 0.312 e. The van der Waals surface area contributed by atoms with Crippen LogP contribution in [0.3, 0.4) is 0 Å². The average Bonchev–Trinajstić information content (AvgIpc) is 3.72. The van der Waals surface area contributed by atoms with E-state index in [4.69, 9.17) is 9.47 Å². The van der Waals surface area contributed by atoms with Crippen molar-refractivity contribution in [2.24, 2.45) is 17.8 Å². The molecule has 0 saturated carbocycles. The first-order chi connectivity index (χ1) is 23.0. The predicted molar refractivity (Wildman–Crippen MR) is 185 cm³/mol. The lowest BCUT2D eigenvalue weighted by Crippen LogP contribution is -2.59. The fraction of sp³-hybridized carbons (Fsp3) is 0.622. The standard InChI is InChI=1S/C37H54N4O7/c1-8-12-13-30(43)38-22-25(7)47-36(46)31-29-18-19-37(48-29)32(31)34(44)41(28(23-42)21-24(5)6)33(37)35(45)40(20-9-2)27-16-14-26(15-17-27)39(10-3)11-4/h8-9,14-17,24-25,28-29,31-33,42H,1-2,10-13,18-23H2,3-7H3,(H,38,43)/t25-,28+,29-,31+,32+,33-,37+/m0/s1. The highest BCUT2D eigenvalue weighted by Gasteiger charge is 2.75. The highest BCUT2D eigenvalue weighted by Crippen LogP contribution is 2.59. The second-order valence-electron chi connectivity index (χ2n) is 13.6. The summed E-state index contributed by atoms with van der Waals surface area (Å²) in [4.78, 5) is 60.6. The molecule has 264 valence electrons. The molecular formula is C37H54N4O7. The van der Waals surface area contributed by atoms with Gasteiger partial charge >= 0.3 is 5.97 Å². The number of hydrogen-bond acceptors (Lipinski definition) is 8. The average molecular weight is 667 g/mol. The Labute approximate surface area is 285 Å². The maximum absolute atomic E-state index is 14.9. The van der Waals surface area contributed by atoms with Gasteiger partial charge in [0.05, 0.1) is 37.1 Å². The van der Waals surface area contributed by atoms with Gasteiger partial charge in [-0.05, 0) is 76.6 Å². The minimum Gasteiger partial charge on any atom is -0.460 e. The summed E-state index contributed by atoms with van der Waals surface area (Å²) in [5.74, 6) is -3.20. The van der Waals surface area contributed by atoms with E-state index < -0.39 is 47.7 Å². The second kappa shape index (κ2) is 16.1. The fourth-order valence-electron chi connectivity index (χ4n) is 7.78. The van der Waals surface area contributed by atoms with E-state index >= 15 is 0 Å². The van der Waals surface area contributed by atoms with Crippen LogP contribution in [0.25, 0.3) is 0 Å². The molecule has 3 fully saturated rings. The molecular weight excluding hydrogens is 612 g/mol. The zero-order valence-electron chi connectivity index (χ0n) is 29.2. The minimum atomic E-state index is -1.25. The van der Waals surface area contributed by atoms with E-state index in [1.165, 1.54) is 4.90 Å². The van der Waals surface area contributed by atoms with Crippen molar-refractivity contribution in [3.05, 3.63) is 49.6 Å². The highest BCUT2D eigenvalue weighted by atomic mass is 16.6. The number of carbonyl (C=O) groups is 4. The molecule has 2 bridgehead atoms. The van der Waals surface area contributed by atoms with Crippen molar-refractivity contribution >= 4 is 35.1 Å². The van der Waals surface area contributed by atoms with Gasteiger partial charge in [-0.1, -0.05) is 26.0 Å². The van der Waals surface area contributed by atoms with Crippen LogP contribution in [0.15, 0.2) is 49.6 Å². The Kier molecular flexibility index (Phi) is 12.5. The normalized spacial score (nSPS) is 25.4. The van der Waals surface area contributed by atoms with Crippen LogP contribution in [0.4, 0.5) is 11.4 Å². The number of ether oxygens (including phenoxy) is 2. The lowest BCUT2D eigenvalue weighted by molar-refractivity contribution is -0.159. The summed E-state index contributed by atoms with van der Waals surface area (Å²) in [5, 5.41) is 13.4. The van der Waals surface area contributed by atoms with Gasteiger partial charge in [-0.2, -0.15) is 0 Å². The number of nitrogens with zero attached hydrogens (tertiary/aromatic N) is 3. The lowest BCUT2D eigenvalue weighted by atomic mass is 9.70. The van der Waals surface area contributed by atoms with Crippen molar-refractivity contribution in [1.82, 2.24) is 10.2 Å². The van der Waals surface area contributed by atoms with E-state index in [-0.39, 0.29) is 43.3 Å². The van der Waals surface area contributed by atoms with Crippen molar-refractivity contribution in [1.29, 1.82) is 0 Å². The number of rotatable bonds is 18. The summed E-state index contributed by atoms with van der Waals surface area (Å²) in [6, 6.07) is 6.05. The number of aliphatic hydroxyl groups excluding tert-OH is 1. The number of anilines is 2. The van der Waals surface area contributed by atoms with Gasteiger partial charge in [0.25, 0.3) is 5.91 Å². The molecule has 2 N–H and O–H groups in total. The van der Waals surface area contributed by atoms with Crippen molar-refractivity contribution in [2.75, 3.05) is 42.6 Å². The minimum absolute atomic E-state index is 0.126. The van der Waals surface area contributed by atoms with Gasteiger partial charge in [-0.25, -0.2) is 0 Å². The van der Waals surface area contributed by atoms with Gasteiger partial charge in [0.2, 0.25) is 11.8 Å². The van der Waals surface area contributed by atoms with E-state index in [9.17, 15) is 24.3 Å². The summed E-state index contributed by atoms with van der Waals surface area (Å²) < 4.78 is 12.4. The SMILES string of the molecule is C=CCCC(=O)NC[C@H](C)OC(=O)[C@@H]1[C@@H]2CC[C@]3(O2)[C@H](C(=O)N(CC=C)c2ccc(N(CC)CC)cc2)N([C@@H](CO)CC(C)C)C(=O)[C@@H]13. The third-order valence-corrected chi connectivity index (χ3v) is 9.94. The maximum atomic E-state index is 14.9. The summed E-state index contributed by atoms with van der Waals surface area (Å²) in [6.07, 6.45) is 4.29. The predicted octanol–water partition coefficient (Wildman–Crippen LogP) is 3.85. The topological polar surface area (TPSA) is 129 Å². The van der Waals surface area contributed by atoms with E-state index in [0.717, 1.165) is 18.8 Å². The van der Waals surface area contributed by atoms with Crippen molar-refractivity contribution in [3.63, 3.8) is 0 Å². The van der Waals surface area contributed by atoms with Gasteiger partial charge in [0.1, 0.15) is 17.7 Å². The first kappa shape index (κ1) is 37.1. The van der Waals surface area contributed by atoms with Crippen LogP contribution in [-0.4, -0.2) is 96.4 Å². The Morgan fingerprint density at radius 2 is 1.79 bits per heavy atom. The number of carbonyl (C=O) groups excluding carboxylic acids is 4. The third kappa shape index (κ3) is 7.32. The van der Waals surface area contributed by atoms with Crippen molar-refractivity contribution in [3.8, 4) is 0 Å². The summed E-state index contributed by atoms with van der Waals surface area (Å²) in [7, 11) is 0. The number of benzene rings is 1. The van der Waals surface area contributed by atoms with Crippen LogP contribution in [0.5, 0.6) is 0 Å². The van der Waals surface area contributed by atoms with Gasteiger partial charge in [-0.3, -0.25) is 19.2 Å². The van der Waals surface area contributed by atoms with Crippen LogP contribution in [0.2, 0.25) is 0 Å². The van der Waals surface area contributed by atoms with Gasteiger partial charge in [0, 0.05) is 37.4 Å². The molecule has 3 saturated heterocycles. The number of likely N-dealkylation sites (tertiary alicyclic amines) is 1. The lowest BCUT2D eigenvalue weighted by Gasteiger charge is -2.39. The molecule has 11 nitrogen and oxygen atoms in total. The zero-order valence-corrected chi connectivity index (χ0v) is 29.2. The molecule has 1 spiro atoms. The summed E-state index contributed by atoms with van der Waals surface area (Å²) in [6.45, 7) is 19.1. The largest absolute Gasteiger partial charge is 0.460 e. The summed E-state index contributed by atoms with van der Waals surface area (Å²) in [5.41, 5.74) is 0.434. The first-order valence-electron chi connectivity index (χ1n) is 17.4. The van der Waals surface area contributed by atoms with E-state index in [1.54, 1.807) is 24.0 Å². The molecule has 48 heavy (non-hydrogen) atoms. The summed E-state index contributed by atoms with van der Waals surface area (Å²) >= 11 is 0.